The molecule has 1 aromatic carbocycles. The molecule has 0 aliphatic carbocycles. The number of nitrogens with zero attached hydrogens (tertiary/aromatic N) is 2. The molecule has 20 heavy (non-hydrogen) atoms. The first kappa shape index (κ1) is 15.0. The second-order valence-corrected chi connectivity index (χ2v) is 6.28. The van der Waals surface area contributed by atoms with E-state index in [0.29, 0.717) is 5.56 Å². The zero-order chi connectivity index (χ0) is 14.8. The molecule has 2 aromatic rings. The quantitative estimate of drug-likeness (QED) is 0.892. The lowest BCUT2D eigenvalue weighted by atomic mass is 10.2. The van der Waals surface area contributed by atoms with Crippen molar-refractivity contribution < 1.29 is 8.42 Å². The molecule has 0 atom stereocenters. The lowest BCUT2D eigenvalue weighted by molar-refractivity contribution is 0.601. The number of hydrogen-bond acceptors (Lipinski definition) is 5. The first-order valence-electron chi connectivity index (χ1n) is 5.40. The Labute approximate surface area is 126 Å². The number of nitrogens with two attached hydrogens (primary N) is 1. The maximum atomic E-state index is 12.3. The second kappa shape index (κ2) is 5.92. The van der Waals surface area contributed by atoms with E-state index in [0.717, 1.165) is 0 Å². The number of halogens is 2. The van der Waals surface area contributed by atoms with Crippen LogP contribution in [0.1, 0.15) is 5.56 Å². The molecule has 0 aliphatic heterocycles. The van der Waals surface area contributed by atoms with Gasteiger partial charge in [-0.15, -0.1) is 0 Å². The van der Waals surface area contributed by atoms with E-state index >= 15 is 0 Å². The van der Waals surface area contributed by atoms with Gasteiger partial charge in [0.15, 0.2) is 0 Å². The van der Waals surface area contributed by atoms with Crippen molar-refractivity contribution >= 4 is 38.9 Å². The summed E-state index contributed by atoms with van der Waals surface area (Å²) in [5.41, 5.74) is 6.17. The minimum atomic E-state index is -3.90. The zero-order valence-corrected chi connectivity index (χ0v) is 12.4. The van der Waals surface area contributed by atoms with E-state index in [2.05, 4.69) is 14.7 Å². The number of anilines is 1. The molecule has 1 heterocycles. The summed E-state index contributed by atoms with van der Waals surface area (Å²) in [6, 6.07) is 2.78. The van der Waals surface area contributed by atoms with E-state index in [1.165, 1.54) is 30.9 Å². The summed E-state index contributed by atoms with van der Waals surface area (Å²) in [6.07, 6.45) is 3.94. The highest BCUT2D eigenvalue weighted by Crippen LogP contribution is 2.30. The van der Waals surface area contributed by atoms with Gasteiger partial charge in [-0.3, -0.25) is 4.72 Å². The highest BCUT2D eigenvalue weighted by atomic mass is 35.5. The Kier molecular flexibility index (Phi) is 4.44. The van der Waals surface area contributed by atoms with Crippen molar-refractivity contribution in [3.05, 3.63) is 46.5 Å². The van der Waals surface area contributed by atoms with Crippen molar-refractivity contribution in [2.24, 2.45) is 5.73 Å². The van der Waals surface area contributed by atoms with Gasteiger partial charge in [0.25, 0.3) is 10.0 Å². The van der Waals surface area contributed by atoms with E-state index in [1.807, 2.05) is 0 Å². The number of hydrogen-bond donors (Lipinski definition) is 2. The third-order valence-corrected chi connectivity index (χ3v) is 4.58. The Morgan fingerprint density at radius 3 is 2.45 bits per heavy atom. The topological polar surface area (TPSA) is 98.0 Å². The molecule has 0 bridgehead atoms. The van der Waals surface area contributed by atoms with Crippen molar-refractivity contribution in [1.29, 1.82) is 0 Å². The molecule has 106 valence electrons. The fraction of sp³-hybridized carbons (Fsp3) is 0.0909. The number of aromatic nitrogens is 2. The zero-order valence-electron chi connectivity index (χ0n) is 10.0. The molecule has 9 heteroatoms. The van der Waals surface area contributed by atoms with Gasteiger partial charge in [0.05, 0.1) is 23.1 Å². The van der Waals surface area contributed by atoms with E-state index in [-0.39, 0.29) is 27.2 Å². The van der Waals surface area contributed by atoms with Crippen LogP contribution in [0.25, 0.3) is 0 Å². The Bertz CT molecular complexity index is 723. The summed E-state index contributed by atoms with van der Waals surface area (Å²) in [7, 11) is -3.90. The number of rotatable bonds is 4. The molecule has 1 aromatic heterocycles. The smallest absolute Gasteiger partial charge is 0.263 e. The molecule has 6 nitrogen and oxygen atoms in total. The van der Waals surface area contributed by atoms with Gasteiger partial charge in [0.1, 0.15) is 11.2 Å². The first-order valence-corrected chi connectivity index (χ1v) is 7.64. The Balaban J connectivity index is 2.47. The van der Waals surface area contributed by atoms with Crippen LogP contribution in [0.2, 0.25) is 10.0 Å². The van der Waals surface area contributed by atoms with E-state index < -0.39 is 10.0 Å². The maximum absolute atomic E-state index is 12.3. The summed E-state index contributed by atoms with van der Waals surface area (Å²) < 4.78 is 26.9. The van der Waals surface area contributed by atoms with Crippen LogP contribution in [0.15, 0.2) is 35.7 Å². The van der Waals surface area contributed by atoms with Gasteiger partial charge in [0, 0.05) is 11.6 Å². The highest BCUT2D eigenvalue weighted by Gasteiger charge is 2.21. The van der Waals surface area contributed by atoms with Gasteiger partial charge in [-0.25, -0.2) is 18.4 Å². The minimum absolute atomic E-state index is 0.0428. The molecule has 0 saturated heterocycles. The van der Waals surface area contributed by atoms with Crippen LogP contribution < -0.4 is 10.5 Å². The highest BCUT2D eigenvalue weighted by molar-refractivity contribution is 7.92. The fourth-order valence-corrected chi connectivity index (χ4v) is 3.50. The summed E-state index contributed by atoms with van der Waals surface area (Å²) in [6.45, 7) is 0.0797. The fourth-order valence-electron chi connectivity index (χ4n) is 1.52. The van der Waals surface area contributed by atoms with Crippen molar-refractivity contribution in [2.45, 2.75) is 11.4 Å². The van der Waals surface area contributed by atoms with Gasteiger partial charge in [-0.2, -0.15) is 0 Å². The second-order valence-electron chi connectivity index (χ2n) is 3.81. The van der Waals surface area contributed by atoms with Gasteiger partial charge in [-0.05, 0) is 17.7 Å². The molecule has 2 rings (SSSR count). The van der Waals surface area contributed by atoms with Crippen LogP contribution in [-0.2, 0) is 16.6 Å². The van der Waals surface area contributed by atoms with Crippen LogP contribution in [0.5, 0.6) is 0 Å². The van der Waals surface area contributed by atoms with Crippen molar-refractivity contribution in [3.63, 3.8) is 0 Å². The van der Waals surface area contributed by atoms with Gasteiger partial charge >= 0.3 is 0 Å². The van der Waals surface area contributed by atoms with Crippen LogP contribution in [0.3, 0.4) is 0 Å². The summed E-state index contributed by atoms with van der Waals surface area (Å²) in [4.78, 5) is 7.30. The molecule has 0 amide bonds. The molecule has 3 N–H and O–H groups in total. The summed E-state index contributed by atoms with van der Waals surface area (Å²) in [5.74, 6) is 0. The van der Waals surface area contributed by atoms with Gasteiger partial charge in [0.2, 0.25) is 0 Å². The molecule has 0 radical (unpaired) electrons. The summed E-state index contributed by atoms with van der Waals surface area (Å²) in [5, 5.41) is 0.279. The van der Waals surface area contributed by atoms with Crippen molar-refractivity contribution in [2.75, 3.05) is 4.72 Å². The number of benzene rings is 1. The third kappa shape index (κ3) is 3.18. The van der Waals surface area contributed by atoms with E-state index in [9.17, 15) is 8.42 Å². The molecule has 0 spiro atoms. The standard InChI is InChI=1S/C11H10Cl2N4O2S/c12-8-1-7(3-14)11(13)10(2-8)20(18,19)17-9-4-15-6-16-5-9/h1-2,4-6,17H,3,14H2. The SMILES string of the molecule is NCc1cc(Cl)cc(S(=O)(=O)Nc2cncnc2)c1Cl. The minimum Gasteiger partial charge on any atom is -0.326 e. The monoisotopic (exact) mass is 332 g/mol. The molecular formula is C11H10Cl2N4O2S. The van der Waals surface area contributed by atoms with Crippen molar-refractivity contribution in [3.8, 4) is 0 Å². The Morgan fingerprint density at radius 2 is 1.85 bits per heavy atom. The Morgan fingerprint density at radius 1 is 1.20 bits per heavy atom. The van der Waals surface area contributed by atoms with Crippen LogP contribution in [0.4, 0.5) is 5.69 Å². The Hall–Kier alpha value is -1.41. The third-order valence-electron chi connectivity index (χ3n) is 2.40. The first-order chi connectivity index (χ1) is 9.44. The van der Waals surface area contributed by atoms with E-state index in [1.54, 1.807) is 0 Å². The normalized spacial score (nSPS) is 11.3. The molecule has 0 aliphatic rings. The number of sulfonamides is 1. The lowest BCUT2D eigenvalue weighted by Gasteiger charge is -2.11. The average Bonchev–Trinajstić information content (AvgIpc) is 2.41. The van der Waals surface area contributed by atoms with Gasteiger partial charge in [-0.1, -0.05) is 23.2 Å². The lowest BCUT2D eigenvalue weighted by Crippen LogP contribution is -2.15. The van der Waals surface area contributed by atoms with Crippen LogP contribution in [0, 0.1) is 0 Å². The van der Waals surface area contributed by atoms with E-state index in [4.69, 9.17) is 28.9 Å². The van der Waals surface area contributed by atoms with Gasteiger partial charge < -0.3 is 5.73 Å². The number of nitrogens with one attached hydrogen (secondary N) is 1. The molecule has 0 saturated carbocycles. The predicted octanol–water partition coefficient (Wildman–Crippen LogP) is 2.04. The summed E-state index contributed by atoms with van der Waals surface area (Å²) >= 11 is 11.9. The molecular weight excluding hydrogens is 323 g/mol. The van der Waals surface area contributed by atoms with Crippen LogP contribution in [-0.4, -0.2) is 18.4 Å². The average molecular weight is 333 g/mol. The molecule has 0 unspecified atom stereocenters. The predicted molar refractivity (Wildman–Crippen MR) is 77.2 cm³/mol. The van der Waals surface area contributed by atoms with Crippen molar-refractivity contribution in [1.82, 2.24) is 9.97 Å². The molecule has 0 fully saturated rings. The van der Waals surface area contributed by atoms with Crippen LogP contribution >= 0.6 is 23.2 Å². The maximum Gasteiger partial charge on any atom is 0.263 e. The largest absolute Gasteiger partial charge is 0.326 e.